The minimum Gasteiger partial charge on any atom is -0.489 e. The molecule has 1 aliphatic rings. The van der Waals surface area contributed by atoms with E-state index in [2.05, 4.69) is 5.10 Å². The Morgan fingerprint density at radius 2 is 1.80 bits per heavy atom. The predicted molar refractivity (Wildman–Crippen MR) is 150 cm³/mol. The van der Waals surface area contributed by atoms with Crippen LogP contribution in [0.2, 0.25) is 0 Å². The van der Waals surface area contributed by atoms with Crippen molar-refractivity contribution < 1.29 is 36.2 Å². The van der Waals surface area contributed by atoms with Crippen LogP contribution in [-0.4, -0.2) is 42.4 Å². The van der Waals surface area contributed by atoms with Gasteiger partial charge in [-0.25, -0.2) is 8.42 Å². The van der Waals surface area contributed by atoms with Crippen molar-refractivity contribution in [2.75, 3.05) is 17.5 Å². The number of halogens is 3. The molecule has 0 atom stereocenters. The Bertz CT molecular complexity index is 1730. The summed E-state index contributed by atoms with van der Waals surface area (Å²) in [4.78, 5) is 8.94. The van der Waals surface area contributed by atoms with Crippen LogP contribution in [0.15, 0.2) is 65.6 Å². The van der Waals surface area contributed by atoms with E-state index in [0.29, 0.717) is 17.4 Å². The fourth-order valence-corrected chi connectivity index (χ4v) is 5.83. The van der Waals surface area contributed by atoms with Gasteiger partial charge in [-0.1, -0.05) is 37.3 Å². The number of aromatic nitrogens is 2. The fraction of sp³-hybridized carbons (Fsp3) is 0.241. The number of carbonyl (C=O) groups is 1. The van der Waals surface area contributed by atoms with E-state index in [1.807, 2.05) is 44.3 Å². The van der Waals surface area contributed by atoms with Gasteiger partial charge in [0.15, 0.2) is 0 Å². The highest BCUT2D eigenvalue weighted by Gasteiger charge is 2.34. The van der Waals surface area contributed by atoms with E-state index in [4.69, 9.17) is 9.84 Å². The molecule has 0 unspecified atom stereocenters. The molecule has 216 valence electrons. The Morgan fingerprint density at radius 3 is 2.49 bits per heavy atom. The highest BCUT2D eigenvalue weighted by Crippen LogP contribution is 2.38. The number of aryl methyl sites for hydroxylation is 2. The highest BCUT2D eigenvalue weighted by atomic mass is 32.2. The van der Waals surface area contributed by atoms with Crippen LogP contribution >= 0.6 is 0 Å². The van der Waals surface area contributed by atoms with E-state index < -0.39 is 32.6 Å². The van der Waals surface area contributed by atoms with Gasteiger partial charge in [0.25, 0.3) is 10.0 Å². The average Bonchev–Trinajstić information content (AvgIpc) is 3.27. The van der Waals surface area contributed by atoms with Crippen LogP contribution in [0.4, 0.5) is 18.9 Å². The molecule has 0 saturated carbocycles. The lowest BCUT2D eigenvalue weighted by atomic mass is 10.1. The van der Waals surface area contributed by atoms with Crippen molar-refractivity contribution in [3.63, 3.8) is 0 Å². The Hall–Kier alpha value is -4.32. The Labute approximate surface area is 235 Å². The zero-order valence-corrected chi connectivity index (χ0v) is 23.3. The van der Waals surface area contributed by atoms with Gasteiger partial charge in [-0.2, -0.15) is 18.3 Å². The second-order valence-electron chi connectivity index (χ2n) is 9.24. The number of benzene rings is 3. The Morgan fingerprint density at radius 1 is 1.10 bits per heavy atom. The van der Waals surface area contributed by atoms with Gasteiger partial charge in [0.05, 0.1) is 33.9 Å². The third-order valence-corrected chi connectivity index (χ3v) is 8.21. The summed E-state index contributed by atoms with van der Waals surface area (Å²) in [5.74, 6) is -0.405. The molecule has 12 heteroatoms. The second-order valence-corrected chi connectivity index (χ2v) is 11.1. The van der Waals surface area contributed by atoms with Crippen molar-refractivity contribution in [1.82, 2.24) is 9.78 Å². The monoisotopic (exact) mass is 587 g/mol. The van der Waals surface area contributed by atoms with Gasteiger partial charge in [-0.3, -0.25) is 13.8 Å². The van der Waals surface area contributed by atoms with Gasteiger partial charge < -0.3 is 9.84 Å². The summed E-state index contributed by atoms with van der Waals surface area (Å²) in [5, 5.41) is 13.3. The number of hydrogen-bond acceptors (Lipinski definition) is 5. The number of anilines is 1. The zero-order valence-electron chi connectivity index (χ0n) is 22.5. The average molecular weight is 588 g/mol. The first kappa shape index (κ1) is 29.7. The number of aliphatic carboxylic acids is 1. The summed E-state index contributed by atoms with van der Waals surface area (Å²) in [6, 6.07) is 14.8. The van der Waals surface area contributed by atoms with Crippen LogP contribution in [0.1, 0.15) is 35.7 Å². The number of fused-ring (bicyclic) bond motifs is 2. The molecule has 0 fully saturated rings. The van der Waals surface area contributed by atoms with Crippen LogP contribution in [0.3, 0.4) is 0 Å². The molecular formula is C29H28F3N3O5S. The van der Waals surface area contributed by atoms with Gasteiger partial charge in [-0.05, 0) is 60.5 Å². The molecule has 0 amide bonds. The summed E-state index contributed by atoms with van der Waals surface area (Å²) >= 11 is 0. The number of carboxylic acids is 1. The topological polar surface area (TPSA) is 102 Å². The lowest BCUT2D eigenvalue weighted by Gasteiger charge is -2.31. The molecule has 1 aliphatic heterocycles. The van der Waals surface area contributed by atoms with E-state index in [0.717, 1.165) is 44.7 Å². The number of nitrogens with zero attached hydrogens (tertiary/aromatic N) is 3. The van der Waals surface area contributed by atoms with Crippen molar-refractivity contribution in [2.45, 2.75) is 31.3 Å². The summed E-state index contributed by atoms with van der Waals surface area (Å²) in [6.07, 6.45) is -0.759. The summed E-state index contributed by atoms with van der Waals surface area (Å²) in [7, 11) is -2.39. The lowest BCUT2D eigenvalue weighted by Crippen LogP contribution is -2.38. The van der Waals surface area contributed by atoms with Crippen LogP contribution in [0.25, 0.3) is 23.1 Å². The highest BCUT2D eigenvalue weighted by molar-refractivity contribution is 7.92. The van der Waals surface area contributed by atoms with E-state index in [1.165, 1.54) is 0 Å². The minimum atomic E-state index is -4.65. The molecule has 1 N–H and O–H groups in total. The van der Waals surface area contributed by atoms with Crippen LogP contribution in [0, 0.1) is 6.92 Å². The standard InChI is InChI=1S/C26H22F3N3O3S.C3H6O2/c1-17-5-3-8-22-25(17)21(30-31(22)2)11-9-18-10-12-24-23(15-18)32(13-14-35-24)36(33,34)20-7-4-6-19(16-20)26(27,28)29;1-2-3(4)5/h3-12,15-16H,13-14H2,1-2H3;2H2,1H3,(H,4,5)/b11-9+;. The van der Waals surface area contributed by atoms with Gasteiger partial charge in [0, 0.05) is 18.9 Å². The Balaban J connectivity index is 0.000000714. The third-order valence-electron chi connectivity index (χ3n) is 6.40. The normalized spacial score (nSPS) is 13.5. The SMILES string of the molecule is CCC(=O)O.Cc1cccc2c1c(/C=C/c1ccc3c(c1)N(S(=O)(=O)c1cccc(C(F)(F)F)c1)CCO3)nn2C. The first-order chi connectivity index (χ1) is 19.3. The van der Waals surface area contributed by atoms with Gasteiger partial charge in [0.2, 0.25) is 0 Å². The molecule has 2 heterocycles. The molecule has 0 spiro atoms. The van der Waals surface area contributed by atoms with Crippen molar-refractivity contribution in [3.8, 4) is 5.75 Å². The summed E-state index contributed by atoms with van der Waals surface area (Å²) < 4.78 is 74.9. The number of hydrogen-bond donors (Lipinski definition) is 1. The number of rotatable bonds is 5. The molecular weight excluding hydrogens is 559 g/mol. The van der Waals surface area contributed by atoms with E-state index in [9.17, 15) is 26.4 Å². The molecule has 0 aliphatic carbocycles. The van der Waals surface area contributed by atoms with Crippen LogP contribution in [-0.2, 0) is 28.0 Å². The lowest BCUT2D eigenvalue weighted by molar-refractivity contribution is -0.138. The summed E-state index contributed by atoms with van der Waals surface area (Å²) in [5.41, 5.74) is 2.78. The first-order valence-corrected chi connectivity index (χ1v) is 14.1. The fourth-order valence-electron chi connectivity index (χ4n) is 4.34. The summed E-state index contributed by atoms with van der Waals surface area (Å²) in [6.45, 7) is 3.67. The van der Waals surface area contributed by atoms with Crippen molar-refractivity contribution in [3.05, 3.63) is 83.0 Å². The van der Waals surface area contributed by atoms with Crippen LogP contribution in [0.5, 0.6) is 5.75 Å². The maximum absolute atomic E-state index is 13.4. The quantitative estimate of drug-likeness (QED) is 0.301. The maximum Gasteiger partial charge on any atom is 0.416 e. The number of carboxylic acid groups (broad SMARTS) is 1. The second kappa shape index (κ2) is 11.7. The van der Waals surface area contributed by atoms with Gasteiger partial charge >= 0.3 is 12.1 Å². The van der Waals surface area contributed by atoms with Crippen molar-refractivity contribution in [2.24, 2.45) is 7.05 Å². The van der Waals surface area contributed by atoms with Crippen molar-refractivity contribution >= 4 is 44.7 Å². The van der Waals surface area contributed by atoms with Gasteiger partial charge in [-0.15, -0.1) is 0 Å². The molecule has 0 radical (unpaired) electrons. The molecule has 0 bridgehead atoms. The number of ether oxygens (including phenoxy) is 1. The zero-order chi connectivity index (χ0) is 29.9. The van der Waals surface area contributed by atoms with E-state index >= 15 is 0 Å². The molecule has 3 aromatic carbocycles. The van der Waals surface area contributed by atoms with Crippen LogP contribution < -0.4 is 9.04 Å². The molecule has 1 aromatic heterocycles. The van der Waals surface area contributed by atoms with E-state index in [-0.39, 0.29) is 25.3 Å². The molecule has 41 heavy (non-hydrogen) atoms. The smallest absolute Gasteiger partial charge is 0.416 e. The number of alkyl halides is 3. The molecule has 0 saturated heterocycles. The Kier molecular flexibility index (Phi) is 8.43. The minimum absolute atomic E-state index is 0.0250. The third kappa shape index (κ3) is 6.37. The predicted octanol–water partition coefficient (Wildman–Crippen LogP) is 6.14. The van der Waals surface area contributed by atoms with Crippen molar-refractivity contribution in [1.29, 1.82) is 0 Å². The largest absolute Gasteiger partial charge is 0.489 e. The molecule has 5 rings (SSSR count). The number of sulfonamides is 1. The van der Waals surface area contributed by atoms with Gasteiger partial charge in [0.1, 0.15) is 12.4 Å². The molecule has 4 aromatic rings. The maximum atomic E-state index is 13.4. The van der Waals surface area contributed by atoms with E-state index in [1.54, 1.807) is 29.8 Å². The molecule has 8 nitrogen and oxygen atoms in total. The first-order valence-electron chi connectivity index (χ1n) is 12.6.